The summed E-state index contributed by atoms with van der Waals surface area (Å²) in [4.78, 5) is 23.2. The summed E-state index contributed by atoms with van der Waals surface area (Å²) in [5.41, 5.74) is -0.347. The van der Waals surface area contributed by atoms with Crippen LogP contribution in [0, 0.1) is 15.9 Å². The number of rotatable bonds is 2. The normalized spacial score (nSPS) is 19.4. The van der Waals surface area contributed by atoms with Crippen molar-refractivity contribution in [1.82, 2.24) is 0 Å². The Kier molecular flexibility index (Phi) is 3.58. The molecular formula is C10H8BrFN2O3S. The van der Waals surface area contributed by atoms with Gasteiger partial charge in [0.25, 0.3) is 5.69 Å². The van der Waals surface area contributed by atoms with E-state index in [1.165, 1.54) is 4.90 Å². The van der Waals surface area contributed by atoms with Crippen LogP contribution in [0.1, 0.15) is 6.42 Å². The highest BCUT2D eigenvalue weighted by atomic mass is 79.9. The molecule has 2 rings (SSSR count). The highest BCUT2D eigenvalue weighted by molar-refractivity contribution is 9.10. The molecule has 1 aromatic carbocycles. The molecule has 0 aromatic heterocycles. The molecule has 5 nitrogen and oxygen atoms in total. The number of carbonyl (C=O) groups excluding carboxylic acids is 1. The zero-order chi connectivity index (χ0) is 13.4. The smallest absolute Gasteiger partial charge is 0.297 e. The Labute approximate surface area is 116 Å². The Morgan fingerprint density at radius 1 is 1.56 bits per heavy atom. The number of thiol groups is 1. The quantitative estimate of drug-likeness (QED) is 0.513. The van der Waals surface area contributed by atoms with Crippen molar-refractivity contribution >= 4 is 45.8 Å². The predicted octanol–water partition coefficient (Wildman–Crippen LogP) is 2.53. The molecule has 18 heavy (non-hydrogen) atoms. The number of nitro benzene ring substituents is 1. The molecule has 0 saturated carbocycles. The van der Waals surface area contributed by atoms with Gasteiger partial charge in [0.15, 0.2) is 0 Å². The van der Waals surface area contributed by atoms with E-state index < -0.39 is 16.4 Å². The summed E-state index contributed by atoms with van der Waals surface area (Å²) >= 11 is 7.24. The minimum atomic E-state index is -0.730. The van der Waals surface area contributed by atoms with Crippen molar-refractivity contribution in [2.24, 2.45) is 0 Å². The van der Waals surface area contributed by atoms with Crippen molar-refractivity contribution in [3.8, 4) is 0 Å². The first kappa shape index (κ1) is 13.3. The van der Waals surface area contributed by atoms with Gasteiger partial charge in [-0.3, -0.25) is 14.9 Å². The van der Waals surface area contributed by atoms with E-state index in [1.54, 1.807) is 0 Å². The van der Waals surface area contributed by atoms with E-state index in [9.17, 15) is 19.3 Å². The van der Waals surface area contributed by atoms with Gasteiger partial charge in [-0.05, 0) is 22.0 Å². The van der Waals surface area contributed by atoms with Gasteiger partial charge in [-0.15, -0.1) is 0 Å². The van der Waals surface area contributed by atoms with E-state index >= 15 is 0 Å². The summed E-state index contributed by atoms with van der Waals surface area (Å²) in [6.07, 6.45) is 0.212. The van der Waals surface area contributed by atoms with Gasteiger partial charge in [0, 0.05) is 18.2 Å². The molecule has 0 radical (unpaired) electrons. The van der Waals surface area contributed by atoms with Crippen LogP contribution >= 0.6 is 28.6 Å². The van der Waals surface area contributed by atoms with E-state index in [0.717, 1.165) is 12.1 Å². The van der Waals surface area contributed by atoms with Crippen LogP contribution in [0.4, 0.5) is 15.8 Å². The lowest BCUT2D eigenvalue weighted by Gasteiger charge is -2.17. The van der Waals surface area contributed by atoms with Crippen LogP contribution in [-0.2, 0) is 4.79 Å². The van der Waals surface area contributed by atoms with Crippen molar-refractivity contribution < 1.29 is 14.1 Å². The third-order valence-electron chi connectivity index (χ3n) is 2.58. The number of nitrogens with zero attached hydrogens (tertiary/aromatic N) is 2. The maximum Gasteiger partial charge on any atom is 0.297 e. The van der Waals surface area contributed by atoms with E-state index in [-0.39, 0.29) is 34.3 Å². The predicted molar refractivity (Wildman–Crippen MR) is 70.5 cm³/mol. The van der Waals surface area contributed by atoms with Crippen LogP contribution in [-0.4, -0.2) is 22.6 Å². The fourth-order valence-electron chi connectivity index (χ4n) is 1.86. The van der Waals surface area contributed by atoms with Gasteiger partial charge in [-0.25, -0.2) is 4.39 Å². The Morgan fingerprint density at radius 3 is 2.72 bits per heavy atom. The summed E-state index contributed by atoms with van der Waals surface area (Å²) < 4.78 is 13.4. The second kappa shape index (κ2) is 4.85. The topological polar surface area (TPSA) is 63.5 Å². The number of carbonyl (C=O) groups is 1. The Hall–Kier alpha value is -1.15. The summed E-state index contributed by atoms with van der Waals surface area (Å²) in [7, 11) is 0. The standard InChI is InChI=1S/C10H8BrFN2O3S/c11-7-1-5(12)2-8(14(16)17)10(7)13-4-6(18)3-9(13)15/h1-2,6,18H,3-4H2. The van der Waals surface area contributed by atoms with Crippen molar-refractivity contribution in [3.63, 3.8) is 0 Å². The zero-order valence-corrected chi connectivity index (χ0v) is 11.4. The van der Waals surface area contributed by atoms with E-state index in [1.807, 2.05) is 0 Å². The lowest BCUT2D eigenvalue weighted by molar-refractivity contribution is -0.384. The number of amides is 1. The molecule has 8 heteroatoms. The van der Waals surface area contributed by atoms with Crippen molar-refractivity contribution in [2.45, 2.75) is 11.7 Å². The molecule has 1 heterocycles. The fourth-order valence-corrected chi connectivity index (χ4v) is 2.82. The van der Waals surface area contributed by atoms with E-state index in [4.69, 9.17) is 0 Å². The van der Waals surface area contributed by atoms with Gasteiger partial charge >= 0.3 is 0 Å². The summed E-state index contributed by atoms with van der Waals surface area (Å²) in [5.74, 6) is -0.989. The van der Waals surface area contributed by atoms with Gasteiger partial charge in [0.05, 0.1) is 15.5 Å². The van der Waals surface area contributed by atoms with E-state index in [2.05, 4.69) is 28.6 Å². The van der Waals surface area contributed by atoms with E-state index in [0.29, 0.717) is 0 Å². The molecule has 96 valence electrons. The number of benzene rings is 1. The summed E-state index contributed by atoms with van der Waals surface area (Å²) in [6.45, 7) is 0.271. The molecule has 1 fully saturated rings. The Morgan fingerprint density at radius 2 is 2.22 bits per heavy atom. The highest BCUT2D eigenvalue weighted by Gasteiger charge is 2.34. The average Bonchev–Trinajstić information content (AvgIpc) is 2.56. The van der Waals surface area contributed by atoms with Gasteiger partial charge in [-0.1, -0.05) is 0 Å². The molecule has 0 aliphatic carbocycles. The molecule has 1 atom stereocenters. The first-order chi connectivity index (χ1) is 8.40. The third-order valence-corrected chi connectivity index (χ3v) is 3.53. The van der Waals surface area contributed by atoms with Crippen LogP contribution in [0.15, 0.2) is 16.6 Å². The van der Waals surface area contributed by atoms with Gasteiger partial charge in [0.2, 0.25) is 5.91 Å². The second-order valence-electron chi connectivity index (χ2n) is 3.87. The van der Waals surface area contributed by atoms with Gasteiger partial charge in [-0.2, -0.15) is 12.6 Å². The third kappa shape index (κ3) is 2.35. The number of halogens is 2. The summed E-state index contributed by atoms with van der Waals surface area (Å²) in [6, 6.07) is 1.90. The number of anilines is 1. The lowest BCUT2D eigenvalue weighted by Crippen LogP contribution is -2.26. The summed E-state index contributed by atoms with van der Waals surface area (Å²) in [5, 5.41) is 10.8. The Bertz CT molecular complexity index is 540. The first-order valence-electron chi connectivity index (χ1n) is 5.02. The minimum absolute atomic E-state index is 0.0861. The zero-order valence-electron chi connectivity index (χ0n) is 8.97. The van der Waals surface area contributed by atoms with Crippen LogP contribution in [0.5, 0.6) is 0 Å². The molecule has 1 aliphatic heterocycles. The number of hydrogen-bond donors (Lipinski definition) is 1. The molecule has 0 bridgehead atoms. The molecule has 1 unspecified atom stereocenters. The van der Waals surface area contributed by atoms with Crippen LogP contribution in [0.25, 0.3) is 0 Å². The fraction of sp³-hybridized carbons (Fsp3) is 0.300. The largest absolute Gasteiger partial charge is 0.304 e. The van der Waals surface area contributed by atoms with Crippen molar-refractivity contribution in [3.05, 3.63) is 32.5 Å². The average molecular weight is 335 g/mol. The molecule has 1 saturated heterocycles. The van der Waals surface area contributed by atoms with Gasteiger partial charge in [0.1, 0.15) is 11.5 Å². The van der Waals surface area contributed by atoms with Crippen molar-refractivity contribution in [2.75, 3.05) is 11.4 Å². The maximum absolute atomic E-state index is 13.2. The molecular weight excluding hydrogens is 327 g/mol. The number of nitro groups is 1. The Balaban J connectivity index is 2.56. The maximum atomic E-state index is 13.2. The van der Waals surface area contributed by atoms with Gasteiger partial charge < -0.3 is 4.90 Å². The van der Waals surface area contributed by atoms with Crippen LogP contribution in [0.3, 0.4) is 0 Å². The SMILES string of the molecule is O=C1CC(S)CN1c1c(Br)cc(F)cc1[N+](=O)[O-]. The minimum Gasteiger partial charge on any atom is -0.304 e. The van der Waals surface area contributed by atoms with Crippen LogP contribution in [0.2, 0.25) is 0 Å². The lowest BCUT2D eigenvalue weighted by atomic mass is 10.2. The first-order valence-corrected chi connectivity index (χ1v) is 6.33. The molecule has 1 aromatic rings. The molecule has 0 N–H and O–H groups in total. The van der Waals surface area contributed by atoms with Crippen LogP contribution < -0.4 is 4.90 Å². The second-order valence-corrected chi connectivity index (χ2v) is 5.46. The highest BCUT2D eigenvalue weighted by Crippen LogP contribution is 2.39. The monoisotopic (exact) mass is 334 g/mol. The van der Waals surface area contributed by atoms with Crippen molar-refractivity contribution in [1.29, 1.82) is 0 Å². The molecule has 1 aliphatic rings. The molecule has 1 amide bonds. The molecule has 0 spiro atoms. The number of hydrogen-bond acceptors (Lipinski definition) is 4.